The second kappa shape index (κ2) is 8.76. The smallest absolute Gasteiger partial charge is 0.164 e. The van der Waals surface area contributed by atoms with Gasteiger partial charge in [0.2, 0.25) is 0 Å². The third-order valence-corrected chi connectivity index (χ3v) is 2.14. The van der Waals surface area contributed by atoms with Crippen LogP contribution in [0.15, 0.2) is 12.1 Å². The van der Waals surface area contributed by atoms with Gasteiger partial charge >= 0.3 is 0 Å². The van der Waals surface area contributed by atoms with Gasteiger partial charge in [-0.3, -0.25) is 0 Å². The molecule has 3 nitrogen and oxygen atoms in total. The standard InChI is InChI=1S/C13H20O3.Y/c1-5-14-11-9-13(16-7-3)12(15-6-2)8-10(11)4;/h8-9H,5-7H2,1-4H3;. The van der Waals surface area contributed by atoms with Gasteiger partial charge in [-0.05, 0) is 39.3 Å². The van der Waals surface area contributed by atoms with Crippen LogP contribution in [0.1, 0.15) is 26.3 Å². The number of rotatable bonds is 6. The van der Waals surface area contributed by atoms with E-state index in [1.165, 1.54) is 0 Å². The third-order valence-electron chi connectivity index (χ3n) is 2.14. The Morgan fingerprint density at radius 3 is 1.65 bits per heavy atom. The van der Waals surface area contributed by atoms with Gasteiger partial charge in [0.05, 0.1) is 19.8 Å². The fourth-order valence-electron chi connectivity index (χ4n) is 1.49. The first-order valence-electron chi connectivity index (χ1n) is 5.75. The molecule has 93 valence electrons. The zero-order valence-corrected chi connectivity index (χ0v) is 13.9. The second-order valence-electron chi connectivity index (χ2n) is 3.36. The van der Waals surface area contributed by atoms with Crippen molar-refractivity contribution in [3.05, 3.63) is 17.7 Å². The summed E-state index contributed by atoms with van der Waals surface area (Å²) in [7, 11) is 0. The predicted octanol–water partition coefficient (Wildman–Crippen LogP) is 3.19. The number of aryl methyl sites for hydroxylation is 1. The number of hydrogen-bond acceptors (Lipinski definition) is 3. The van der Waals surface area contributed by atoms with Gasteiger partial charge in [0.1, 0.15) is 5.75 Å². The van der Waals surface area contributed by atoms with E-state index in [1.54, 1.807) is 0 Å². The van der Waals surface area contributed by atoms with E-state index in [2.05, 4.69) is 0 Å². The zero-order valence-electron chi connectivity index (χ0n) is 11.1. The number of benzene rings is 1. The summed E-state index contributed by atoms with van der Waals surface area (Å²) in [6, 6.07) is 3.85. The van der Waals surface area contributed by atoms with Gasteiger partial charge in [-0.2, -0.15) is 0 Å². The molecule has 0 heterocycles. The molecular weight excluding hydrogens is 293 g/mol. The van der Waals surface area contributed by atoms with Gasteiger partial charge in [-0.15, -0.1) is 0 Å². The summed E-state index contributed by atoms with van der Waals surface area (Å²) >= 11 is 0. The van der Waals surface area contributed by atoms with Crippen LogP contribution < -0.4 is 14.2 Å². The van der Waals surface area contributed by atoms with Crippen molar-refractivity contribution in [2.45, 2.75) is 27.7 Å². The Labute approximate surface area is 129 Å². The van der Waals surface area contributed by atoms with Crippen molar-refractivity contribution in [3.8, 4) is 17.2 Å². The number of hydrogen-bond donors (Lipinski definition) is 0. The van der Waals surface area contributed by atoms with Crippen LogP contribution in [0.3, 0.4) is 0 Å². The maximum Gasteiger partial charge on any atom is 0.164 e. The van der Waals surface area contributed by atoms with Crippen molar-refractivity contribution in [1.29, 1.82) is 0 Å². The van der Waals surface area contributed by atoms with Crippen LogP contribution in [-0.2, 0) is 32.7 Å². The van der Waals surface area contributed by atoms with Crippen molar-refractivity contribution in [2.24, 2.45) is 0 Å². The molecule has 17 heavy (non-hydrogen) atoms. The first-order valence-corrected chi connectivity index (χ1v) is 5.75. The molecule has 1 aromatic carbocycles. The minimum atomic E-state index is 0. The Bertz CT molecular complexity index is 340. The molecule has 0 aromatic heterocycles. The van der Waals surface area contributed by atoms with E-state index in [1.807, 2.05) is 39.8 Å². The molecule has 1 radical (unpaired) electrons. The van der Waals surface area contributed by atoms with Crippen LogP contribution in [0.5, 0.6) is 17.2 Å². The fourth-order valence-corrected chi connectivity index (χ4v) is 1.49. The minimum absolute atomic E-state index is 0. The Kier molecular flexibility index (Phi) is 8.62. The average Bonchev–Trinajstić information content (AvgIpc) is 2.25. The minimum Gasteiger partial charge on any atom is -0.493 e. The Morgan fingerprint density at radius 1 is 0.765 bits per heavy atom. The molecule has 0 aliphatic carbocycles. The van der Waals surface area contributed by atoms with E-state index in [4.69, 9.17) is 14.2 Å². The largest absolute Gasteiger partial charge is 0.493 e. The predicted molar refractivity (Wildman–Crippen MR) is 64.7 cm³/mol. The quantitative estimate of drug-likeness (QED) is 0.807. The Morgan fingerprint density at radius 2 is 1.18 bits per heavy atom. The van der Waals surface area contributed by atoms with Gasteiger partial charge in [0.15, 0.2) is 11.5 Å². The molecule has 0 bridgehead atoms. The van der Waals surface area contributed by atoms with Crippen molar-refractivity contribution in [2.75, 3.05) is 19.8 Å². The van der Waals surface area contributed by atoms with E-state index in [0.717, 1.165) is 22.8 Å². The molecule has 4 heteroatoms. The summed E-state index contributed by atoms with van der Waals surface area (Å²) < 4.78 is 16.6. The summed E-state index contributed by atoms with van der Waals surface area (Å²) in [5.74, 6) is 2.39. The monoisotopic (exact) mass is 313 g/mol. The van der Waals surface area contributed by atoms with Crippen LogP contribution in [0.25, 0.3) is 0 Å². The van der Waals surface area contributed by atoms with Crippen LogP contribution >= 0.6 is 0 Å². The van der Waals surface area contributed by atoms with Gasteiger partial charge < -0.3 is 14.2 Å². The summed E-state index contributed by atoms with van der Waals surface area (Å²) in [5.41, 5.74) is 1.06. The fraction of sp³-hybridized carbons (Fsp3) is 0.538. The third kappa shape index (κ3) is 4.84. The average molecular weight is 313 g/mol. The molecule has 0 saturated heterocycles. The molecule has 1 rings (SSSR count). The zero-order chi connectivity index (χ0) is 12.0. The van der Waals surface area contributed by atoms with Gasteiger partial charge in [0, 0.05) is 38.8 Å². The molecule has 0 spiro atoms. The number of ether oxygens (including phenoxy) is 3. The molecule has 0 aliphatic rings. The normalized spacial score (nSPS) is 9.41. The first kappa shape index (κ1) is 16.7. The topological polar surface area (TPSA) is 27.7 Å². The summed E-state index contributed by atoms with van der Waals surface area (Å²) in [5, 5.41) is 0. The van der Waals surface area contributed by atoms with E-state index in [9.17, 15) is 0 Å². The summed E-state index contributed by atoms with van der Waals surface area (Å²) in [6.45, 7) is 9.79. The Hall–Kier alpha value is -0.276. The van der Waals surface area contributed by atoms with Gasteiger partial charge in [-0.25, -0.2) is 0 Å². The van der Waals surface area contributed by atoms with Crippen LogP contribution in [0.4, 0.5) is 0 Å². The van der Waals surface area contributed by atoms with Crippen molar-refractivity contribution < 1.29 is 46.9 Å². The maximum atomic E-state index is 5.53. The molecule has 0 N–H and O–H groups in total. The Balaban J connectivity index is 0.00000256. The summed E-state index contributed by atoms with van der Waals surface area (Å²) in [4.78, 5) is 0. The molecule has 0 fully saturated rings. The maximum absolute atomic E-state index is 5.53. The van der Waals surface area contributed by atoms with E-state index < -0.39 is 0 Å². The summed E-state index contributed by atoms with van der Waals surface area (Å²) in [6.07, 6.45) is 0. The molecule has 0 saturated carbocycles. The molecule has 1 aromatic rings. The van der Waals surface area contributed by atoms with Crippen molar-refractivity contribution in [1.82, 2.24) is 0 Å². The molecule has 0 aliphatic heterocycles. The van der Waals surface area contributed by atoms with E-state index in [0.29, 0.717) is 19.8 Å². The molecule has 0 unspecified atom stereocenters. The van der Waals surface area contributed by atoms with Crippen LogP contribution in [0, 0.1) is 6.92 Å². The molecule has 0 atom stereocenters. The van der Waals surface area contributed by atoms with Crippen LogP contribution in [-0.4, -0.2) is 19.8 Å². The van der Waals surface area contributed by atoms with Crippen molar-refractivity contribution in [3.63, 3.8) is 0 Å². The van der Waals surface area contributed by atoms with Gasteiger partial charge in [0.25, 0.3) is 0 Å². The SMILES string of the molecule is CCOc1cc(OCC)c(OCC)cc1C.[Y]. The van der Waals surface area contributed by atoms with Gasteiger partial charge in [-0.1, -0.05) is 0 Å². The van der Waals surface area contributed by atoms with Crippen molar-refractivity contribution >= 4 is 0 Å². The first-order chi connectivity index (χ1) is 7.72. The van der Waals surface area contributed by atoms with E-state index >= 15 is 0 Å². The second-order valence-corrected chi connectivity index (χ2v) is 3.36. The van der Waals surface area contributed by atoms with Crippen LogP contribution in [0.2, 0.25) is 0 Å². The van der Waals surface area contributed by atoms with E-state index in [-0.39, 0.29) is 32.7 Å². The molecule has 0 amide bonds. The molecular formula is C13H20O3Y.